The SMILES string of the molecule is CCC1CCN(C(C)CNCC(F)(F)F)CC1. The number of alkyl halides is 3. The lowest BCUT2D eigenvalue weighted by Gasteiger charge is -2.36. The molecule has 0 spiro atoms. The Balaban J connectivity index is 2.18. The van der Waals surface area contributed by atoms with Gasteiger partial charge in [0.05, 0.1) is 6.54 Å². The van der Waals surface area contributed by atoms with E-state index >= 15 is 0 Å². The molecular formula is C12H23F3N2. The van der Waals surface area contributed by atoms with Gasteiger partial charge in [-0.05, 0) is 38.8 Å². The minimum Gasteiger partial charge on any atom is -0.307 e. The first-order valence-electron chi connectivity index (χ1n) is 6.44. The summed E-state index contributed by atoms with van der Waals surface area (Å²) in [6.07, 6.45) is -0.524. The lowest BCUT2D eigenvalue weighted by Crippen LogP contribution is -2.46. The summed E-state index contributed by atoms with van der Waals surface area (Å²) >= 11 is 0. The van der Waals surface area contributed by atoms with E-state index in [1.54, 1.807) is 0 Å². The Morgan fingerprint density at radius 2 is 1.88 bits per heavy atom. The molecule has 0 aromatic carbocycles. The van der Waals surface area contributed by atoms with E-state index in [1.165, 1.54) is 19.3 Å². The first kappa shape index (κ1) is 14.8. The summed E-state index contributed by atoms with van der Waals surface area (Å²) in [5.41, 5.74) is 0. The minimum atomic E-state index is -4.10. The molecule has 0 radical (unpaired) electrons. The highest BCUT2D eigenvalue weighted by molar-refractivity contribution is 4.77. The van der Waals surface area contributed by atoms with E-state index in [2.05, 4.69) is 17.1 Å². The van der Waals surface area contributed by atoms with Crippen LogP contribution in [0.1, 0.15) is 33.1 Å². The molecule has 0 aliphatic carbocycles. The van der Waals surface area contributed by atoms with Crippen molar-refractivity contribution in [3.8, 4) is 0 Å². The van der Waals surface area contributed by atoms with Crippen LogP contribution in [0.3, 0.4) is 0 Å². The number of hydrogen-bond donors (Lipinski definition) is 1. The number of hydrogen-bond acceptors (Lipinski definition) is 2. The van der Waals surface area contributed by atoms with Crippen molar-refractivity contribution in [3.05, 3.63) is 0 Å². The lowest BCUT2D eigenvalue weighted by molar-refractivity contribution is -0.125. The summed E-state index contributed by atoms with van der Waals surface area (Å²) in [6.45, 7) is 5.77. The summed E-state index contributed by atoms with van der Waals surface area (Å²) in [4.78, 5) is 2.29. The second-order valence-electron chi connectivity index (χ2n) is 4.98. The summed E-state index contributed by atoms with van der Waals surface area (Å²) < 4.78 is 35.9. The third-order valence-corrected chi connectivity index (χ3v) is 3.62. The van der Waals surface area contributed by atoms with Crippen LogP contribution in [0, 0.1) is 5.92 Å². The summed E-state index contributed by atoms with van der Waals surface area (Å²) in [5, 5.41) is 2.48. The number of likely N-dealkylation sites (tertiary alicyclic amines) is 1. The zero-order chi connectivity index (χ0) is 12.9. The Bertz CT molecular complexity index is 210. The first-order chi connectivity index (χ1) is 7.92. The molecule has 0 amide bonds. The van der Waals surface area contributed by atoms with Crippen LogP contribution in [0.25, 0.3) is 0 Å². The van der Waals surface area contributed by atoms with Crippen molar-refractivity contribution in [2.24, 2.45) is 5.92 Å². The summed E-state index contributed by atoms with van der Waals surface area (Å²) in [6, 6.07) is 0.190. The van der Waals surface area contributed by atoms with Crippen LogP contribution in [0.5, 0.6) is 0 Å². The van der Waals surface area contributed by atoms with Crippen LogP contribution in [-0.4, -0.2) is 43.3 Å². The van der Waals surface area contributed by atoms with Crippen molar-refractivity contribution in [1.82, 2.24) is 10.2 Å². The van der Waals surface area contributed by atoms with Crippen LogP contribution in [-0.2, 0) is 0 Å². The smallest absolute Gasteiger partial charge is 0.307 e. The molecule has 1 saturated heterocycles. The van der Waals surface area contributed by atoms with E-state index in [4.69, 9.17) is 0 Å². The molecule has 1 aliphatic heterocycles. The fourth-order valence-corrected chi connectivity index (χ4v) is 2.35. The minimum absolute atomic E-state index is 0.190. The molecule has 1 aliphatic rings. The zero-order valence-electron chi connectivity index (χ0n) is 10.7. The predicted octanol–water partition coefficient (Wildman–Crippen LogP) is 2.65. The fraction of sp³-hybridized carbons (Fsp3) is 1.00. The number of piperidine rings is 1. The van der Waals surface area contributed by atoms with Crippen molar-refractivity contribution < 1.29 is 13.2 Å². The van der Waals surface area contributed by atoms with E-state index in [9.17, 15) is 13.2 Å². The van der Waals surface area contributed by atoms with Gasteiger partial charge in [-0.1, -0.05) is 13.3 Å². The first-order valence-corrected chi connectivity index (χ1v) is 6.44. The van der Waals surface area contributed by atoms with Crippen LogP contribution in [0.2, 0.25) is 0 Å². The number of nitrogens with zero attached hydrogens (tertiary/aromatic N) is 1. The Morgan fingerprint density at radius 1 is 1.29 bits per heavy atom. The molecule has 1 rings (SSSR count). The van der Waals surface area contributed by atoms with Gasteiger partial charge in [-0.2, -0.15) is 13.2 Å². The van der Waals surface area contributed by atoms with Crippen molar-refractivity contribution >= 4 is 0 Å². The largest absolute Gasteiger partial charge is 0.401 e. The van der Waals surface area contributed by atoms with E-state index in [-0.39, 0.29) is 6.04 Å². The van der Waals surface area contributed by atoms with E-state index in [1.807, 2.05) is 6.92 Å². The normalized spacial score (nSPS) is 21.7. The van der Waals surface area contributed by atoms with Gasteiger partial charge in [-0.15, -0.1) is 0 Å². The predicted molar refractivity (Wildman–Crippen MR) is 63.0 cm³/mol. The highest BCUT2D eigenvalue weighted by Crippen LogP contribution is 2.21. The summed E-state index contributed by atoms with van der Waals surface area (Å²) in [5.74, 6) is 0.807. The summed E-state index contributed by atoms with van der Waals surface area (Å²) in [7, 11) is 0. The van der Waals surface area contributed by atoms with Crippen molar-refractivity contribution in [3.63, 3.8) is 0 Å². The maximum atomic E-state index is 12.0. The molecule has 0 bridgehead atoms. The van der Waals surface area contributed by atoms with Gasteiger partial charge in [0.2, 0.25) is 0 Å². The second kappa shape index (κ2) is 6.59. The molecule has 1 atom stereocenters. The fourth-order valence-electron chi connectivity index (χ4n) is 2.35. The molecule has 17 heavy (non-hydrogen) atoms. The van der Waals surface area contributed by atoms with Gasteiger partial charge in [0.25, 0.3) is 0 Å². The van der Waals surface area contributed by atoms with Crippen LogP contribution in [0.15, 0.2) is 0 Å². The number of halogens is 3. The van der Waals surface area contributed by atoms with Gasteiger partial charge in [-0.3, -0.25) is 4.90 Å². The number of rotatable bonds is 5. The maximum absolute atomic E-state index is 12.0. The maximum Gasteiger partial charge on any atom is 0.401 e. The topological polar surface area (TPSA) is 15.3 Å². The molecule has 1 N–H and O–H groups in total. The molecule has 1 fully saturated rings. The van der Waals surface area contributed by atoms with Crippen LogP contribution in [0.4, 0.5) is 13.2 Å². The standard InChI is InChI=1S/C12H23F3N2/c1-3-11-4-6-17(7-5-11)10(2)8-16-9-12(13,14)15/h10-11,16H,3-9H2,1-2H3. The highest BCUT2D eigenvalue weighted by Gasteiger charge is 2.27. The Morgan fingerprint density at radius 3 is 2.35 bits per heavy atom. The molecule has 2 nitrogen and oxygen atoms in total. The molecule has 1 unspecified atom stereocenters. The third-order valence-electron chi connectivity index (χ3n) is 3.62. The van der Waals surface area contributed by atoms with Crippen molar-refractivity contribution in [2.45, 2.75) is 45.3 Å². The average molecular weight is 252 g/mol. The second-order valence-corrected chi connectivity index (χ2v) is 4.98. The van der Waals surface area contributed by atoms with Crippen LogP contribution >= 0.6 is 0 Å². The Kier molecular flexibility index (Phi) is 5.73. The zero-order valence-corrected chi connectivity index (χ0v) is 10.7. The molecule has 0 aromatic heterocycles. The quantitative estimate of drug-likeness (QED) is 0.809. The van der Waals surface area contributed by atoms with Crippen molar-refractivity contribution in [1.29, 1.82) is 0 Å². The number of nitrogens with one attached hydrogen (secondary N) is 1. The van der Waals surface area contributed by atoms with E-state index in [0.717, 1.165) is 19.0 Å². The van der Waals surface area contributed by atoms with Crippen molar-refractivity contribution in [2.75, 3.05) is 26.2 Å². The molecule has 5 heteroatoms. The lowest BCUT2D eigenvalue weighted by atomic mass is 9.94. The van der Waals surface area contributed by atoms with E-state index in [0.29, 0.717) is 6.54 Å². The van der Waals surface area contributed by atoms with Crippen LogP contribution < -0.4 is 5.32 Å². The van der Waals surface area contributed by atoms with Gasteiger partial charge < -0.3 is 5.32 Å². The van der Waals surface area contributed by atoms with Gasteiger partial charge in [0.15, 0.2) is 0 Å². The Hall–Kier alpha value is -0.290. The molecular weight excluding hydrogens is 229 g/mol. The molecule has 102 valence electrons. The van der Waals surface area contributed by atoms with Gasteiger partial charge >= 0.3 is 6.18 Å². The average Bonchev–Trinajstić information content (AvgIpc) is 2.27. The van der Waals surface area contributed by atoms with Gasteiger partial charge in [0.1, 0.15) is 0 Å². The molecule has 1 heterocycles. The molecule has 0 aromatic rings. The monoisotopic (exact) mass is 252 g/mol. The van der Waals surface area contributed by atoms with Gasteiger partial charge in [0, 0.05) is 12.6 Å². The third kappa shape index (κ3) is 5.73. The molecule has 0 saturated carbocycles. The highest BCUT2D eigenvalue weighted by atomic mass is 19.4. The van der Waals surface area contributed by atoms with Gasteiger partial charge in [-0.25, -0.2) is 0 Å². The Labute approximate surface area is 102 Å². The van der Waals surface area contributed by atoms with E-state index < -0.39 is 12.7 Å².